The molecule has 0 saturated heterocycles. The Bertz CT molecular complexity index is 790. The van der Waals surface area contributed by atoms with Gasteiger partial charge in [0, 0.05) is 24.8 Å². The minimum Gasteiger partial charge on any atom is -0.391 e. The summed E-state index contributed by atoms with van der Waals surface area (Å²) in [6.45, 7) is 2.45. The van der Waals surface area contributed by atoms with Gasteiger partial charge in [-0.1, -0.05) is 17.7 Å². The summed E-state index contributed by atoms with van der Waals surface area (Å²) in [7, 11) is 1.76. The Morgan fingerprint density at radius 1 is 1.32 bits per heavy atom. The van der Waals surface area contributed by atoms with E-state index in [4.69, 9.17) is 0 Å². The van der Waals surface area contributed by atoms with E-state index in [1.54, 1.807) is 11.9 Å². The topological polar surface area (TPSA) is 58.4 Å². The number of aromatic nitrogens is 2. The summed E-state index contributed by atoms with van der Waals surface area (Å²) in [6.07, 6.45) is 4.65. The molecule has 4 rings (SSSR count). The smallest absolute Gasteiger partial charge is 0.274 e. The molecular weight excluding hydrogens is 314 g/mol. The number of amides is 1. The Labute approximate surface area is 148 Å². The van der Waals surface area contributed by atoms with Gasteiger partial charge in [-0.15, -0.1) is 0 Å². The van der Waals surface area contributed by atoms with E-state index in [9.17, 15) is 9.90 Å². The maximum Gasteiger partial charge on any atom is 0.274 e. The second-order valence-electron chi connectivity index (χ2n) is 7.47. The van der Waals surface area contributed by atoms with Gasteiger partial charge in [0.25, 0.3) is 5.91 Å². The Balaban J connectivity index is 1.62. The van der Waals surface area contributed by atoms with Crippen molar-refractivity contribution >= 4 is 5.91 Å². The highest BCUT2D eigenvalue weighted by atomic mass is 16.3. The molecule has 1 saturated carbocycles. The van der Waals surface area contributed by atoms with Gasteiger partial charge in [-0.25, -0.2) is 4.68 Å². The predicted molar refractivity (Wildman–Crippen MR) is 96.0 cm³/mol. The third kappa shape index (κ3) is 3.09. The average Bonchev–Trinajstić information content (AvgIpc) is 3.24. The summed E-state index contributed by atoms with van der Waals surface area (Å²) in [5.41, 5.74) is 5.00. The molecule has 0 spiro atoms. The summed E-state index contributed by atoms with van der Waals surface area (Å²) >= 11 is 0. The van der Waals surface area contributed by atoms with Crippen molar-refractivity contribution in [3.05, 3.63) is 46.8 Å². The number of hydrogen-bond acceptors (Lipinski definition) is 3. The van der Waals surface area contributed by atoms with Gasteiger partial charge in [-0.05, 0) is 57.1 Å². The lowest BCUT2D eigenvalue weighted by Crippen LogP contribution is -2.35. The monoisotopic (exact) mass is 339 g/mol. The van der Waals surface area contributed by atoms with Gasteiger partial charge in [0.1, 0.15) is 0 Å². The quantitative estimate of drug-likeness (QED) is 0.911. The molecule has 0 aliphatic heterocycles. The van der Waals surface area contributed by atoms with Crippen molar-refractivity contribution in [1.29, 1.82) is 0 Å². The maximum absolute atomic E-state index is 12.9. The lowest BCUT2D eigenvalue weighted by atomic mass is 10.1. The number of carbonyl (C=O) groups is 1. The highest BCUT2D eigenvalue weighted by Gasteiger charge is 2.33. The molecule has 2 aliphatic carbocycles. The van der Waals surface area contributed by atoms with Crippen LogP contribution in [0.1, 0.15) is 46.6 Å². The Hall–Kier alpha value is -2.14. The summed E-state index contributed by atoms with van der Waals surface area (Å²) in [6, 6.07) is 8.24. The van der Waals surface area contributed by atoms with Crippen LogP contribution in [0.5, 0.6) is 0 Å². The molecule has 1 N–H and O–H groups in total. The summed E-state index contributed by atoms with van der Waals surface area (Å²) < 4.78 is 1.93. The standard InChI is InChI=1S/C20H25N3O2/c1-13-6-10-15(11-7-13)23-17-5-3-4-16(17)19(21-23)20(25)22(2)12-18(24)14-8-9-14/h6-7,10-11,14,18,24H,3-5,8-9,12H2,1-2H3/t18-/m0/s1. The molecule has 0 bridgehead atoms. The van der Waals surface area contributed by atoms with Crippen molar-refractivity contribution in [3.8, 4) is 5.69 Å². The molecule has 0 radical (unpaired) electrons. The average molecular weight is 339 g/mol. The SMILES string of the molecule is Cc1ccc(-n2nc(C(=O)N(C)C[C@H](O)C3CC3)c3c2CCC3)cc1. The third-order valence-electron chi connectivity index (χ3n) is 5.39. The van der Waals surface area contributed by atoms with Crippen LogP contribution in [0.3, 0.4) is 0 Å². The van der Waals surface area contributed by atoms with Crippen molar-refractivity contribution in [2.45, 2.75) is 45.1 Å². The van der Waals surface area contributed by atoms with Crippen LogP contribution in [0.15, 0.2) is 24.3 Å². The molecule has 25 heavy (non-hydrogen) atoms. The highest BCUT2D eigenvalue weighted by molar-refractivity contribution is 5.94. The van der Waals surface area contributed by atoms with E-state index in [-0.39, 0.29) is 5.91 Å². The van der Waals surface area contributed by atoms with E-state index in [0.29, 0.717) is 18.2 Å². The van der Waals surface area contributed by atoms with Gasteiger partial charge < -0.3 is 10.0 Å². The third-order valence-corrected chi connectivity index (χ3v) is 5.39. The van der Waals surface area contributed by atoms with Gasteiger partial charge in [-0.2, -0.15) is 5.10 Å². The van der Waals surface area contributed by atoms with Crippen LogP contribution >= 0.6 is 0 Å². The lowest BCUT2D eigenvalue weighted by molar-refractivity contribution is 0.0639. The number of aliphatic hydroxyl groups excluding tert-OH is 1. The van der Waals surface area contributed by atoms with Gasteiger partial charge in [0.15, 0.2) is 5.69 Å². The largest absolute Gasteiger partial charge is 0.391 e. The minimum atomic E-state index is -0.416. The zero-order chi connectivity index (χ0) is 17.6. The van der Waals surface area contributed by atoms with E-state index >= 15 is 0 Å². The van der Waals surface area contributed by atoms with Crippen molar-refractivity contribution in [1.82, 2.24) is 14.7 Å². The van der Waals surface area contributed by atoms with Crippen LogP contribution in [-0.2, 0) is 12.8 Å². The van der Waals surface area contributed by atoms with Gasteiger partial charge >= 0.3 is 0 Å². The van der Waals surface area contributed by atoms with Crippen molar-refractivity contribution in [2.75, 3.05) is 13.6 Å². The van der Waals surface area contributed by atoms with Gasteiger partial charge in [-0.3, -0.25) is 4.79 Å². The number of benzene rings is 1. The fourth-order valence-electron chi connectivity index (χ4n) is 3.68. The highest BCUT2D eigenvalue weighted by Crippen LogP contribution is 2.33. The van der Waals surface area contributed by atoms with Gasteiger partial charge in [0.2, 0.25) is 0 Å². The number of likely N-dealkylation sites (N-methyl/N-ethyl adjacent to an activating group) is 1. The maximum atomic E-state index is 12.9. The first-order chi connectivity index (χ1) is 12.0. The predicted octanol–water partition coefficient (Wildman–Crippen LogP) is 2.51. The molecule has 5 heteroatoms. The van der Waals surface area contributed by atoms with E-state index in [0.717, 1.165) is 49.0 Å². The Kier molecular flexibility index (Phi) is 4.12. The fraction of sp³-hybridized carbons (Fsp3) is 0.500. The van der Waals surface area contributed by atoms with Crippen molar-refractivity contribution in [2.24, 2.45) is 5.92 Å². The van der Waals surface area contributed by atoms with Crippen LogP contribution < -0.4 is 0 Å². The number of aryl methyl sites for hydroxylation is 1. The van der Waals surface area contributed by atoms with E-state index in [1.807, 2.05) is 4.68 Å². The molecule has 1 fully saturated rings. The summed E-state index contributed by atoms with van der Waals surface area (Å²) in [4.78, 5) is 14.5. The second-order valence-corrected chi connectivity index (χ2v) is 7.47. The summed E-state index contributed by atoms with van der Waals surface area (Å²) in [5.74, 6) is 0.287. The molecular formula is C20H25N3O2. The lowest BCUT2D eigenvalue weighted by Gasteiger charge is -2.20. The molecule has 1 aromatic heterocycles. The van der Waals surface area contributed by atoms with Crippen LogP contribution in [0.4, 0.5) is 0 Å². The molecule has 1 heterocycles. The molecule has 1 amide bonds. The number of hydrogen-bond donors (Lipinski definition) is 1. The molecule has 2 aliphatic rings. The zero-order valence-corrected chi connectivity index (χ0v) is 14.9. The van der Waals surface area contributed by atoms with Crippen LogP contribution in [0.2, 0.25) is 0 Å². The van der Waals surface area contributed by atoms with Crippen molar-refractivity contribution in [3.63, 3.8) is 0 Å². The zero-order valence-electron chi connectivity index (χ0n) is 14.9. The number of fused-ring (bicyclic) bond motifs is 1. The van der Waals surface area contributed by atoms with E-state index < -0.39 is 6.10 Å². The van der Waals surface area contributed by atoms with Crippen molar-refractivity contribution < 1.29 is 9.90 Å². The molecule has 1 atom stereocenters. The fourth-order valence-corrected chi connectivity index (χ4v) is 3.68. The second kappa shape index (κ2) is 6.30. The van der Waals surface area contributed by atoms with E-state index in [2.05, 4.69) is 36.3 Å². The molecule has 2 aromatic rings. The number of carbonyl (C=O) groups excluding carboxylic acids is 1. The van der Waals surface area contributed by atoms with Gasteiger partial charge in [0.05, 0.1) is 11.8 Å². The first kappa shape index (κ1) is 16.3. The normalized spacial score (nSPS) is 17.4. The first-order valence-electron chi connectivity index (χ1n) is 9.16. The molecule has 0 unspecified atom stereocenters. The molecule has 1 aromatic carbocycles. The molecule has 5 nitrogen and oxygen atoms in total. The molecule has 132 valence electrons. The number of nitrogens with zero attached hydrogens (tertiary/aromatic N) is 3. The number of rotatable bonds is 5. The number of aliphatic hydroxyl groups is 1. The van der Waals surface area contributed by atoms with Crippen LogP contribution in [-0.4, -0.2) is 45.4 Å². The Morgan fingerprint density at radius 2 is 2.04 bits per heavy atom. The van der Waals surface area contributed by atoms with Crippen LogP contribution in [0.25, 0.3) is 5.69 Å². The Morgan fingerprint density at radius 3 is 2.72 bits per heavy atom. The summed E-state index contributed by atoms with van der Waals surface area (Å²) in [5, 5.41) is 14.8. The van der Waals surface area contributed by atoms with E-state index in [1.165, 1.54) is 5.56 Å². The first-order valence-corrected chi connectivity index (χ1v) is 9.16. The van der Waals surface area contributed by atoms with Crippen LogP contribution in [0, 0.1) is 12.8 Å². The minimum absolute atomic E-state index is 0.0799.